The van der Waals surface area contributed by atoms with Gasteiger partial charge in [-0.3, -0.25) is 9.36 Å². The highest BCUT2D eigenvalue weighted by Crippen LogP contribution is 2.29. The minimum atomic E-state index is -0.359. The minimum Gasteiger partial charge on any atom is -0.497 e. The van der Waals surface area contributed by atoms with Gasteiger partial charge in [-0.15, -0.1) is 10.2 Å². The number of nitrogens with zero attached hydrogens (tertiary/aromatic N) is 3. The maximum absolute atomic E-state index is 13.8. The lowest BCUT2D eigenvalue weighted by molar-refractivity contribution is -0.113. The Morgan fingerprint density at radius 1 is 1.03 bits per heavy atom. The van der Waals surface area contributed by atoms with Crippen LogP contribution in [0, 0.1) is 19.7 Å². The number of aromatic nitrogens is 3. The third kappa shape index (κ3) is 5.23. The van der Waals surface area contributed by atoms with E-state index in [1.54, 1.807) is 26.2 Å². The van der Waals surface area contributed by atoms with Crippen LogP contribution in [0.3, 0.4) is 0 Å². The molecule has 0 atom stereocenters. The first-order valence-corrected chi connectivity index (χ1v) is 11.3. The minimum absolute atomic E-state index is 0.0949. The number of rotatable bonds is 7. The fraction of sp³-hybridized carbons (Fsp3) is 0.160. The summed E-state index contributed by atoms with van der Waals surface area (Å²) in [6.45, 7) is 3.70. The SMILES string of the molecule is COc1ccc(-n2c(SCC(=O)Nc3ccc(C)c(F)c3)nnc2-c2ccc(C)cc2)cc1. The van der Waals surface area contributed by atoms with Gasteiger partial charge < -0.3 is 10.1 Å². The molecule has 0 aliphatic carbocycles. The zero-order chi connectivity index (χ0) is 23.4. The predicted octanol–water partition coefficient (Wildman–Crippen LogP) is 5.43. The number of hydrogen-bond donors (Lipinski definition) is 1. The fourth-order valence-electron chi connectivity index (χ4n) is 3.21. The molecule has 4 aromatic rings. The average molecular weight is 463 g/mol. The third-order valence-corrected chi connectivity index (χ3v) is 5.99. The summed E-state index contributed by atoms with van der Waals surface area (Å²) in [7, 11) is 1.62. The Morgan fingerprint density at radius 3 is 2.42 bits per heavy atom. The molecule has 0 saturated carbocycles. The Labute approximate surface area is 195 Å². The lowest BCUT2D eigenvalue weighted by atomic mass is 10.1. The summed E-state index contributed by atoms with van der Waals surface area (Å²) in [5.41, 5.74) is 3.85. The first-order valence-electron chi connectivity index (χ1n) is 10.3. The number of methoxy groups -OCH3 is 1. The number of anilines is 1. The zero-order valence-corrected chi connectivity index (χ0v) is 19.3. The third-order valence-electron chi connectivity index (χ3n) is 5.06. The van der Waals surface area contributed by atoms with Gasteiger partial charge in [-0.2, -0.15) is 0 Å². The number of aryl methyl sites for hydroxylation is 2. The second-order valence-corrected chi connectivity index (χ2v) is 8.45. The summed E-state index contributed by atoms with van der Waals surface area (Å²) in [6.07, 6.45) is 0. The van der Waals surface area contributed by atoms with E-state index in [4.69, 9.17) is 4.74 Å². The molecule has 1 aromatic heterocycles. The molecule has 0 unspecified atom stereocenters. The number of amides is 1. The molecule has 0 radical (unpaired) electrons. The molecule has 0 aliphatic heterocycles. The molecule has 0 spiro atoms. The van der Waals surface area contributed by atoms with E-state index in [0.717, 1.165) is 22.6 Å². The Kier molecular flexibility index (Phi) is 6.74. The number of benzene rings is 3. The van der Waals surface area contributed by atoms with Gasteiger partial charge in [0.1, 0.15) is 11.6 Å². The number of thioether (sulfide) groups is 1. The molecule has 1 heterocycles. The van der Waals surface area contributed by atoms with Gasteiger partial charge in [0.05, 0.1) is 12.9 Å². The number of ether oxygens (including phenoxy) is 1. The lowest BCUT2D eigenvalue weighted by Crippen LogP contribution is -2.14. The van der Waals surface area contributed by atoms with Crippen molar-refractivity contribution in [3.05, 3.63) is 83.7 Å². The molecule has 8 heteroatoms. The summed E-state index contributed by atoms with van der Waals surface area (Å²) >= 11 is 1.26. The van der Waals surface area contributed by atoms with Crippen molar-refractivity contribution in [2.75, 3.05) is 18.2 Å². The van der Waals surface area contributed by atoms with Gasteiger partial charge in [-0.1, -0.05) is 47.7 Å². The van der Waals surface area contributed by atoms with Gasteiger partial charge in [0.25, 0.3) is 0 Å². The van der Waals surface area contributed by atoms with Crippen molar-refractivity contribution in [2.24, 2.45) is 0 Å². The summed E-state index contributed by atoms with van der Waals surface area (Å²) in [5.74, 6) is 0.885. The Hall–Kier alpha value is -3.65. The molecule has 3 aromatic carbocycles. The molecule has 0 bridgehead atoms. The highest BCUT2D eigenvalue weighted by atomic mass is 32.2. The van der Waals surface area contributed by atoms with Crippen molar-refractivity contribution in [1.29, 1.82) is 0 Å². The molecule has 1 N–H and O–H groups in total. The summed E-state index contributed by atoms with van der Waals surface area (Å²) in [5, 5.41) is 12.0. The largest absolute Gasteiger partial charge is 0.497 e. The van der Waals surface area contributed by atoms with Crippen molar-refractivity contribution in [2.45, 2.75) is 19.0 Å². The highest BCUT2D eigenvalue weighted by Gasteiger charge is 2.17. The van der Waals surface area contributed by atoms with Crippen molar-refractivity contribution in [3.63, 3.8) is 0 Å². The molecule has 33 heavy (non-hydrogen) atoms. The summed E-state index contributed by atoms with van der Waals surface area (Å²) in [4.78, 5) is 12.5. The first kappa shape index (κ1) is 22.5. The number of carbonyl (C=O) groups is 1. The van der Waals surface area contributed by atoms with Crippen LogP contribution in [-0.4, -0.2) is 33.5 Å². The standard InChI is InChI=1S/C25H23FN4O2S/c1-16-4-7-18(8-5-16)24-28-29-25(30(24)20-10-12-21(32-3)13-11-20)33-15-23(31)27-19-9-6-17(2)22(26)14-19/h4-14H,15H2,1-3H3,(H,27,31). The van der Waals surface area contributed by atoms with Crippen LogP contribution in [0.4, 0.5) is 10.1 Å². The molecular weight excluding hydrogens is 439 g/mol. The van der Waals surface area contributed by atoms with Gasteiger partial charge >= 0.3 is 0 Å². The molecule has 0 aliphatic rings. The topological polar surface area (TPSA) is 69.0 Å². The van der Waals surface area contributed by atoms with Crippen LogP contribution in [0.15, 0.2) is 71.9 Å². The van der Waals surface area contributed by atoms with E-state index >= 15 is 0 Å². The molecule has 6 nitrogen and oxygen atoms in total. The van der Waals surface area contributed by atoms with Crippen LogP contribution in [0.25, 0.3) is 17.1 Å². The van der Waals surface area contributed by atoms with Gasteiger partial charge in [0.2, 0.25) is 5.91 Å². The molecule has 0 saturated heterocycles. The fourth-order valence-corrected chi connectivity index (χ4v) is 3.97. The van der Waals surface area contributed by atoms with Gasteiger partial charge in [0.15, 0.2) is 11.0 Å². The van der Waals surface area contributed by atoms with E-state index in [1.807, 2.05) is 60.0 Å². The Morgan fingerprint density at radius 2 is 1.76 bits per heavy atom. The van der Waals surface area contributed by atoms with Gasteiger partial charge in [-0.05, 0) is 55.8 Å². The second-order valence-electron chi connectivity index (χ2n) is 7.51. The maximum Gasteiger partial charge on any atom is 0.234 e. The van der Waals surface area contributed by atoms with E-state index in [-0.39, 0.29) is 17.5 Å². The van der Waals surface area contributed by atoms with Crippen LogP contribution in [-0.2, 0) is 4.79 Å². The van der Waals surface area contributed by atoms with E-state index in [1.165, 1.54) is 17.8 Å². The lowest BCUT2D eigenvalue weighted by Gasteiger charge is -2.11. The second kappa shape index (κ2) is 9.87. The van der Waals surface area contributed by atoms with Crippen LogP contribution in [0.2, 0.25) is 0 Å². The molecular formula is C25H23FN4O2S. The van der Waals surface area contributed by atoms with Crippen LogP contribution in [0.5, 0.6) is 5.75 Å². The Balaban J connectivity index is 1.59. The van der Waals surface area contributed by atoms with Crippen molar-refractivity contribution in [3.8, 4) is 22.8 Å². The van der Waals surface area contributed by atoms with E-state index in [2.05, 4.69) is 15.5 Å². The maximum atomic E-state index is 13.8. The Bertz CT molecular complexity index is 1270. The number of halogens is 1. The van der Waals surface area contributed by atoms with Crippen LogP contribution < -0.4 is 10.1 Å². The molecule has 168 valence electrons. The monoisotopic (exact) mass is 462 g/mol. The summed E-state index contributed by atoms with van der Waals surface area (Å²) < 4.78 is 21.0. The number of nitrogens with one attached hydrogen (secondary N) is 1. The highest BCUT2D eigenvalue weighted by molar-refractivity contribution is 7.99. The van der Waals surface area contributed by atoms with Crippen molar-refractivity contribution >= 4 is 23.4 Å². The quantitative estimate of drug-likeness (QED) is 0.371. The molecule has 0 fully saturated rings. The van der Waals surface area contributed by atoms with E-state index < -0.39 is 0 Å². The normalized spacial score (nSPS) is 10.8. The van der Waals surface area contributed by atoms with Crippen LogP contribution >= 0.6 is 11.8 Å². The molecule has 4 rings (SSSR count). The molecule has 1 amide bonds. The zero-order valence-electron chi connectivity index (χ0n) is 18.5. The van der Waals surface area contributed by atoms with E-state index in [0.29, 0.717) is 22.2 Å². The number of hydrogen-bond acceptors (Lipinski definition) is 5. The van der Waals surface area contributed by atoms with E-state index in [9.17, 15) is 9.18 Å². The predicted molar refractivity (Wildman–Crippen MR) is 129 cm³/mol. The van der Waals surface area contributed by atoms with Gasteiger partial charge in [-0.25, -0.2) is 4.39 Å². The number of carbonyl (C=O) groups excluding carboxylic acids is 1. The van der Waals surface area contributed by atoms with Crippen molar-refractivity contribution in [1.82, 2.24) is 14.8 Å². The van der Waals surface area contributed by atoms with Gasteiger partial charge in [0, 0.05) is 16.9 Å². The average Bonchev–Trinajstić information content (AvgIpc) is 3.24. The first-order chi connectivity index (χ1) is 15.9. The van der Waals surface area contributed by atoms with Crippen molar-refractivity contribution < 1.29 is 13.9 Å². The van der Waals surface area contributed by atoms with Crippen LogP contribution in [0.1, 0.15) is 11.1 Å². The smallest absolute Gasteiger partial charge is 0.234 e. The summed E-state index contributed by atoms with van der Waals surface area (Å²) in [6, 6.07) is 20.2.